The number of ether oxygens (including phenoxy) is 2. The third-order valence-electron chi connectivity index (χ3n) is 3.46. The lowest BCUT2D eigenvalue weighted by atomic mass is 9.99. The van der Waals surface area contributed by atoms with Crippen molar-refractivity contribution < 1.29 is 14.3 Å². The van der Waals surface area contributed by atoms with Gasteiger partial charge in [0.15, 0.2) is 5.78 Å². The molecule has 1 saturated heterocycles. The molecule has 0 aliphatic carbocycles. The average Bonchev–Trinajstić information content (AvgIpc) is 2.39. The van der Waals surface area contributed by atoms with E-state index >= 15 is 0 Å². The first-order valence-corrected chi connectivity index (χ1v) is 7.12. The first-order chi connectivity index (χ1) is 8.72. The second kappa shape index (κ2) is 9.48. The number of carbonyl (C=O) groups is 1. The zero-order chi connectivity index (χ0) is 13.2. The number of nitrogens with zero attached hydrogens (tertiary/aromatic N) is 1. The highest BCUT2D eigenvalue weighted by molar-refractivity contribution is 5.79. The molecule has 0 bridgehead atoms. The van der Waals surface area contributed by atoms with Crippen LogP contribution in [0.3, 0.4) is 0 Å². The Kier molecular flexibility index (Phi) is 8.22. The Morgan fingerprint density at radius 1 is 1.17 bits per heavy atom. The molecule has 1 fully saturated rings. The van der Waals surface area contributed by atoms with Crippen molar-refractivity contribution in [3.05, 3.63) is 0 Å². The van der Waals surface area contributed by atoms with Gasteiger partial charge in [-0.2, -0.15) is 0 Å². The number of hydrogen-bond acceptors (Lipinski definition) is 4. The third kappa shape index (κ3) is 7.09. The Balaban J connectivity index is 1.85. The second-order valence-corrected chi connectivity index (χ2v) is 5.08. The fraction of sp³-hybridized carbons (Fsp3) is 0.929. The monoisotopic (exact) mass is 257 g/mol. The van der Waals surface area contributed by atoms with E-state index < -0.39 is 0 Å². The molecule has 0 atom stereocenters. The summed E-state index contributed by atoms with van der Waals surface area (Å²) < 4.78 is 10.7. The van der Waals surface area contributed by atoms with Crippen LogP contribution in [-0.4, -0.2) is 56.7 Å². The minimum absolute atomic E-state index is 0.150. The Bertz CT molecular complexity index is 225. The normalized spacial score (nSPS) is 18.1. The lowest BCUT2D eigenvalue weighted by Gasteiger charge is -2.29. The zero-order valence-corrected chi connectivity index (χ0v) is 11.8. The number of ketones is 1. The van der Waals surface area contributed by atoms with Crippen molar-refractivity contribution in [1.29, 1.82) is 0 Å². The van der Waals surface area contributed by atoms with Gasteiger partial charge in [-0.15, -0.1) is 0 Å². The molecule has 106 valence electrons. The van der Waals surface area contributed by atoms with Crippen molar-refractivity contribution in [3.8, 4) is 0 Å². The van der Waals surface area contributed by atoms with Crippen LogP contribution in [-0.2, 0) is 14.3 Å². The van der Waals surface area contributed by atoms with E-state index in [1.807, 2.05) is 6.92 Å². The van der Waals surface area contributed by atoms with Crippen molar-refractivity contribution in [2.24, 2.45) is 5.92 Å². The van der Waals surface area contributed by atoms with Gasteiger partial charge in [-0.1, -0.05) is 13.8 Å². The van der Waals surface area contributed by atoms with Crippen LogP contribution < -0.4 is 0 Å². The van der Waals surface area contributed by atoms with E-state index in [4.69, 9.17) is 9.47 Å². The highest BCUT2D eigenvalue weighted by Gasteiger charge is 2.14. The van der Waals surface area contributed by atoms with E-state index in [-0.39, 0.29) is 12.4 Å². The zero-order valence-electron chi connectivity index (χ0n) is 11.8. The average molecular weight is 257 g/mol. The van der Waals surface area contributed by atoms with Crippen molar-refractivity contribution in [1.82, 2.24) is 4.90 Å². The maximum atomic E-state index is 11.0. The Labute approximate surface area is 111 Å². The maximum absolute atomic E-state index is 11.0. The predicted molar refractivity (Wildman–Crippen MR) is 71.8 cm³/mol. The van der Waals surface area contributed by atoms with Gasteiger partial charge in [0.1, 0.15) is 6.61 Å². The first kappa shape index (κ1) is 15.6. The molecular weight excluding hydrogens is 230 g/mol. The van der Waals surface area contributed by atoms with Crippen molar-refractivity contribution in [3.63, 3.8) is 0 Å². The minimum atomic E-state index is 0.150. The van der Waals surface area contributed by atoms with E-state index in [9.17, 15) is 4.79 Å². The second-order valence-electron chi connectivity index (χ2n) is 5.08. The van der Waals surface area contributed by atoms with E-state index in [0.717, 1.165) is 19.1 Å². The molecule has 0 aromatic rings. The molecular formula is C14H27NO3. The summed E-state index contributed by atoms with van der Waals surface area (Å²) in [6.07, 6.45) is 3.17. The SMILES string of the molecule is CCC(=O)COCCOCCN1CCC(C)CC1. The highest BCUT2D eigenvalue weighted by Crippen LogP contribution is 2.15. The molecule has 0 radical (unpaired) electrons. The van der Waals surface area contributed by atoms with Crippen LogP contribution >= 0.6 is 0 Å². The summed E-state index contributed by atoms with van der Waals surface area (Å²) >= 11 is 0. The van der Waals surface area contributed by atoms with E-state index in [1.165, 1.54) is 25.9 Å². The van der Waals surface area contributed by atoms with Crippen molar-refractivity contribution >= 4 is 5.78 Å². The van der Waals surface area contributed by atoms with Crippen LogP contribution in [0.2, 0.25) is 0 Å². The van der Waals surface area contributed by atoms with Crippen LogP contribution in [0.4, 0.5) is 0 Å². The van der Waals surface area contributed by atoms with Crippen LogP contribution in [0.5, 0.6) is 0 Å². The van der Waals surface area contributed by atoms with E-state index in [2.05, 4.69) is 11.8 Å². The van der Waals surface area contributed by atoms with Crippen LogP contribution in [0.1, 0.15) is 33.1 Å². The van der Waals surface area contributed by atoms with E-state index in [1.54, 1.807) is 0 Å². The molecule has 4 heteroatoms. The van der Waals surface area contributed by atoms with Gasteiger partial charge in [0.2, 0.25) is 0 Å². The Hall–Kier alpha value is -0.450. The number of carbonyl (C=O) groups excluding carboxylic acids is 1. The molecule has 0 amide bonds. The molecule has 0 N–H and O–H groups in total. The first-order valence-electron chi connectivity index (χ1n) is 7.12. The van der Waals surface area contributed by atoms with Gasteiger partial charge in [-0.05, 0) is 31.8 Å². The Morgan fingerprint density at radius 2 is 1.83 bits per heavy atom. The van der Waals surface area contributed by atoms with Crippen LogP contribution in [0.25, 0.3) is 0 Å². The molecule has 1 heterocycles. The standard InChI is InChI=1S/C14H27NO3/c1-3-14(16)12-18-11-10-17-9-8-15-6-4-13(2)5-7-15/h13H,3-12H2,1-2H3. The quantitative estimate of drug-likeness (QED) is 0.590. The van der Waals surface area contributed by atoms with Crippen molar-refractivity contribution in [2.45, 2.75) is 33.1 Å². The molecule has 1 aliphatic heterocycles. The molecule has 4 nitrogen and oxygen atoms in total. The molecule has 0 spiro atoms. The third-order valence-corrected chi connectivity index (χ3v) is 3.46. The largest absolute Gasteiger partial charge is 0.378 e. The molecule has 18 heavy (non-hydrogen) atoms. The molecule has 0 aromatic carbocycles. The van der Waals surface area contributed by atoms with Gasteiger partial charge in [0.25, 0.3) is 0 Å². The van der Waals surface area contributed by atoms with Gasteiger partial charge in [-0.25, -0.2) is 0 Å². The maximum Gasteiger partial charge on any atom is 0.158 e. The summed E-state index contributed by atoms with van der Waals surface area (Å²) in [5, 5.41) is 0. The minimum Gasteiger partial charge on any atom is -0.378 e. The lowest BCUT2D eigenvalue weighted by Crippen LogP contribution is -2.35. The number of likely N-dealkylation sites (tertiary alicyclic amines) is 1. The fourth-order valence-electron chi connectivity index (χ4n) is 1.99. The summed E-state index contributed by atoms with van der Waals surface area (Å²) in [5.41, 5.74) is 0. The van der Waals surface area contributed by atoms with Gasteiger partial charge >= 0.3 is 0 Å². The molecule has 1 aliphatic rings. The van der Waals surface area contributed by atoms with Gasteiger partial charge in [-0.3, -0.25) is 4.79 Å². The number of Topliss-reactive ketones (excluding diaryl/α,β-unsaturated/α-hetero) is 1. The molecule has 0 saturated carbocycles. The number of rotatable bonds is 9. The predicted octanol–water partition coefficient (Wildman–Crippen LogP) is 1.73. The highest BCUT2D eigenvalue weighted by atomic mass is 16.5. The summed E-state index contributed by atoms with van der Waals surface area (Å²) in [4.78, 5) is 13.4. The van der Waals surface area contributed by atoms with Crippen LogP contribution in [0.15, 0.2) is 0 Å². The number of hydrogen-bond donors (Lipinski definition) is 0. The van der Waals surface area contributed by atoms with Crippen LogP contribution in [0, 0.1) is 5.92 Å². The Morgan fingerprint density at radius 3 is 2.50 bits per heavy atom. The summed E-state index contributed by atoms with van der Waals surface area (Å²) in [7, 11) is 0. The van der Waals surface area contributed by atoms with E-state index in [0.29, 0.717) is 19.6 Å². The molecule has 0 unspecified atom stereocenters. The molecule has 0 aromatic heterocycles. The molecule has 1 rings (SSSR count). The summed E-state index contributed by atoms with van der Waals surface area (Å²) in [6.45, 7) is 9.68. The van der Waals surface area contributed by atoms with Gasteiger partial charge < -0.3 is 14.4 Å². The topological polar surface area (TPSA) is 38.8 Å². The smallest absolute Gasteiger partial charge is 0.158 e. The lowest BCUT2D eigenvalue weighted by molar-refractivity contribution is -0.123. The van der Waals surface area contributed by atoms with Gasteiger partial charge in [0, 0.05) is 13.0 Å². The summed E-state index contributed by atoms with van der Waals surface area (Å²) in [5.74, 6) is 1.03. The van der Waals surface area contributed by atoms with Crippen molar-refractivity contribution in [2.75, 3.05) is 46.1 Å². The summed E-state index contributed by atoms with van der Waals surface area (Å²) in [6, 6.07) is 0. The number of piperidine rings is 1. The van der Waals surface area contributed by atoms with Gasteiger partial charge in [0.05, 0.1) is 19.8 Å². The fourth-order valence-corrected chi connectivity index (χ4v) is 1.99.